The molecule has 0 aliphatic carbocycles. The maximum absolute atomic E-state index is 12.1. The van der Waals surface area contributed by atoms with Crippen molar-refractivity contribution < 1.29 is 4.79 Å². The van der Waals surface area contributed by atoms with E-state index in [-0.39, 0.29) is 5.91 Å². The van der Waals surface area contributed by atoms with Gasteiger partial charge in [-0.3, -0.25) is 9.78 Å². The topological polar surface area (TPSA) is 42.0 Å². The standard InChI is InChI=1S/C14H12Cl2N2O/c1-8-3-4-10(6-12(8)15)18-14(19)11-7-17-9(2)5-13(11)16/h3-7H,1-2H3,(H,18,19). The number of nitrogens with one attached hydrogen (secondary N) is 1. The molecule has 1 heterocycles. The van der Waals surface area contributed by atoms with E-state index in [1.54, 1.807) is 18.2 Å². The highest BCUT2D eigenvalue weighted by atomic mass is 35.5. The monoisotopic (exact) mass is 294 g/mol. The van der Waals surface area contributed by atoms with Crippen LogP contribution in [0.2, 0.25) is 10.0 Å². The van der Waals surface area contributed by atoms with Crippen molar-refractivity contribution in [3.8, 4) is 0 Å². The number of halogens is 2. The van der Waals surface area contributed by atoms with Gasteiger partial charge in [0.1, 0.15) is 0 Å². The lowest BCUT2D eigenvalue weighted by molar-refractivity contribution is 0.102. The normalized spacial score (nSPS) is 10.3. The van der Waals surface area contributed by atoms with E-state index in [2.05, 4.69) is 10.3 Å². The van der Waals surface area contributed by atoms with Crippen LogP contribution in [0.5, 0.6) is 0 Å². The minimum absolute atomic E-state index is 0.308. The fraction of sp³-hybridized carbons (Fsp3) is 0.143. The fourth-order valence-electron chi connectivity index (χ4n) is 1.56. The predicted molar refractivity (Wildman–Crippen MR) is 78.1 cm³/mol. The molecule has 0 saturated heterocycles. The SMILES string of the molecule is Cc1cc(Cl)c(C(=O)Nc2ccc(C)c(Cl)c2)cn1. The number of pyridine rings is 1. The number of hydrogen-bond acceptors (Lipinski definition) is 2. The Morgan fingerprint density at radius 1 is 1.16 bits per heavy atom. The van der Waals surface area contributed by atoms with Crippen molar-refractivity contribution in [3.63, 3.8) is 0 Å². The number of hydrogen-bond donors (Lipinski definition) is 1. The summed E-state index contributed by atoms with van der Waals surface area (Å²) in [6.07, 6.45) is 1.46. The molecule has 19 heavy (non-hydrogen) atoms. The van der Waals surface area contributed by atoms with Crippen LogP contribution in [0, 0.1) is 13.8 Å². The van der Waals surface area contributed by atoms with E-state index in [9.17, 15) is 4.79 Å². The van der Waals surface area contributed by atoms with Gasteiger partial charge in [0.2, 0.25) is 0 Å². The Kier molecular flexibility index (Phi) is 4.08. The van der Waals surface area contributed by atoms with Crippen LogP contribution in [0.3, 0.4) is 0 Å². The van der Waals surface area contributed by atoms with E-state index in [0.717, 1.165) is 11.3 Å². The van der Waals surface area contributed by atoms with Crippen LogP contribution in [0.1, 0.15) is 21.6 Å². The van der Waals surface area contributed by atoms with Crippen molar-refractivity contribution in [2.45, 2.75) is 13.8 Å². The summed E-state index contributed by atoms with van der Waals surface area (Å²) in [4.78, 5) is 16.1. The molecule has 0 spiro atoms. The number of aryl methyl sites for hydroxylation is 2. The van der Waals surface area contributed by atoms with Gasteiger partial charge in [0.25, 0.3) is 5.91 Å². The third-order valence-corrected chi connectivity index (χ3v) is 3.38. The smallest absolute Gasteiger partial charge is 0.258 e. The minimum Gasteiger partial charge on any atom is -0.322 e. The van der Waals surface area contributed by atoms with Crippen LogP contribution in [0.15, 0.2) is 30.5 Å². The lowest BCUT2D eigenvalue weighted by Crippen LogP contribution is -2.13. The van der Waals surface area contributed by atoms with E-state index in [1.165, 1.54) is 6.20 Å². The Bertz CT molecular complexity index is 641. The highest BCUT2D eigenvalue weighted by Crippen LogP contribution is 2.22. The second kappa shape index (κ2) is 5.59. The number of aromatic nitrogens is 1. The first kappa shape index (κ1) is 13.8. The number of anilines is 1. The summed E-state index contributed by atoms with van der Waals surface area (Å²) >= 11 is 12.0. The Labute approximate surface area is 121 Å². The second-order valence-electron chi connectivity index (χ2n) is 4.22. The first-order chi connectivity index (χ1) is 8.97. The number of benzene rings is 1. The molecule has 0 bridgehead atoms. The van der Waals surface area contributed by atoms with Gasteiger partial charge in [0.05, 0.1) is 10.6 Å². The molecule has 0 fully saturated rings. The summed E-state index contributed by atoms with van der Waals surface area (Å²) in [5.74, 6) is -0.308. The Morgan fingerprint density at radius 3 is 2.53 bits per heavy atom. The third kappa shape index (κ3) is 3.25. The van der Waals surface area contributed by atoms with Crippen LogP contribution in [0.4, 0.5) is 5.69 Å². The van der Waals surface area contributed by atoms with Crippen LogP contribution in [0.25, 0.3) is 0 Å². The molecular weight excluding hydrogens is 283 g/mol. The number of carbonyl (C=O) groups excluding carboxylic acids is 1. The first-order valence-electron chi connectivity index (χ1n) is 5.67. The molecule has 98 valence electrons. The molecule has 1 amide bonds. The highest BCUT2D eigenvalue weighted by molar-refractivity contribution is 6.34. The molecule has 0 aliphatic rings. The van der Waals surface area contributed by atoms with Crippen molar-refractivity contribution in [3.05, 3.63) is 57.3 Å². The minimum atomic E-state index is -0.308. The third-order valence-electron chi connectivity index (χ3n) is 2.66. The summed E-state index contributed by atoms with van der Waals surface area (Å²) in [7, 11) is 0. The van der Waals surface area contributed by atoms with Crippen molar-refractivity contribution in [1.29, 1.82) is 0 Å². The molecule has 3 nitrogen and oxygen atoms in total. The molecule has 0 aliphatic heterocycles. The molecule has 2 aromatic rings. The molecular formula is C14H12Cl2N2O. The number of nitrogens with zero attached hydrogens (tertiary/aromatic N) is 1. The first-order valence-corrected chi connectivity index (χ1v) is 6.42. The fourth-order valence-corrected chi connectivity index (χ4v) is 2.04. The molecule has 0 radical (unpaired) electrons. The summed E-state index contributed by atoms with van der Waals surface area (Å²) in [5, 5.41) is 3.72. The molecule has 1 aromatic carbocycles. The van der Waals surface area contributed by atoms with Crippen molar-refractivity contribution in [2.75, 3.05) is 5.32 Å². The van der Waals surface area contributed by atoms with E-state index < -0.39 is 0 Å². The van der Waals surface area contributed by atoms with Crippen LogP contribution < -0.4 is 5.32 Å². The van der Waals surface area contributed by atoms with E-state index in [1.807, 2.05) is 19.9 Å². The average molecular weight is 295 g/mol. The Hall–Kier alpha value is -1.58. The Morgan fingerprint density at radius 2 is 1.89 bits per heavy atom. The lowest BCUT2D eigenvalue weighted by atomic mass is 10.2. The summed E-state index contributed by atoms with van der Waals surface area (Å²) in [6.45, 7) is 3.71. The van der Waals surface area contributed by atoms with Gasteiger partial charge in [-0.25, -0.2) is 0 Å². The summed E-state index contributed by atoms with van der Waals surface area (Å²) in [6, 6.07) is 6.98. The van der Waals surface area contributed by atoms with Gasteiger partial charge < -0.3 is 5.32 Å². The van der Waals surface area contributed by atoms with E-state index in [0.29, 0.717) is 21.3 Å². The summed E-state index contributed by atoms with van der Waals surface area (Å²) < 4.78 is 0. The summed E-state index contributed by atoms with van der Waals surface area (Å²) in [5.41, 5.74) is 2.68. The number of rotatable bonds is 2. The van der Waals surface area contributed by atoms with Gasteiger partial charge in [-0.2, -0.15) is 0 Å². The largest absolute Gasteiger partial charge is 0.322 e. The van der Waals surface area contributed by atoms with Gasteiger partial charge in [0.15, 0.2) is 0 Å². The lowest BCUT2D eigenvalue weighted by Gasteiger charge is -2.08. The van der Waals surface area contributed by atoms with Crippen molar-refractivity contribution in [2.24, 2.45) is 0 Å². The number of amides is 1. The molecule has 1 N–H and O–H groups in total. The van der Waals surface area contributed by atoms with Gasteiger partial charge in [-0.1, -0.05) is 29.3 Å². The zero-order valence-electron chi connectivity index (χ0n) is 10.5. The van der Waals surface area contributed by atoms with Crippen molar-refractivity contribution >= 4 is 34.8 Å². The molecule has 2 rings (SSSR count). The maximum atomic E-state index is 12.1. The Balaban J connectivity index is 2.23. The molecule has 0 unspecified atom stereocenters. The zero-order chi connectivity index (χ0) is 14.0. The van der Waals surface area contributed by atoms with E-state index in [4.69, 9.17) is 23.2 Å². The zero-order valence-corrected chi connectivity index (χ0v) is 12.0. The highest BCUT2D eigenvalue weighted by Gasteiger charge is 2.11. The van der Waals surface area contributed by atoms with Crippen LogP contribution >= 0.6 is 23.2 Å². The number of carbonyl (C=O) groups is 1. The maximum Gasteiger partial charge on any atom is 0.258 e. The van der Waals surface area contributed by atoms with Gasteiger partial charge in [-0.05, 0) is 37.6 Å². The van der Waals surface area contributed by atoms with E-state index >= 15 is 0 Å². The van der Waals surface area contributed by atoms with Gasteiger partial charge >= 0.3 is 0 Å². The van der Waals surface area contributed by atoms with Gasteiger partial charge in [0, 0.05) is 22.6 Å². The second-order valence-corrected chi connectivity index (χ2v) is 5.04. The molecule has 5 heteroatoms. The van der Waals surface area contributed by atoms with Gasteiger partial charge in [-0.15, -0.1) is 0 Å². The van der Waals surface area contributed by atoms with Crippen molar-refractivity contribution in [1.82, 2.24) is 4.98 Å². The molecule has 1 aromatic heterocycles. The van der Waals surface area contributed by atoms with Crippen LogP contribution in [-0.2, 0) is 0 Å². The predicted octanol–water partition coefficient (Wildman–Crippen LogP) is 4.26. The molecule has 0 atom stereocenters. The quantitative estimate of drug-likeness (QED) is 0.899. The van der Waals surface area contributed by atoms with Crippen LogP contribution in [-0.4, -0.2) is 10.9 Å². The molecule has 0 saturated carbocycles. The average Bonchev–Trinajstić information content (AvgIpc) is 2.33.